The molecular formula is C26H34N4O5. The second-order valence-corrected chi connectivity index (χ2v) is 8.93. The van der Waals surface area contributed by atoms with Gasteiger partial charge < -0.3 is 29.7 Å². The van der Waals surface area contributed by atoms with E-state index in [0.717, 1.165) is 34.4 Å². The third kappa shape index (κ3) is 7.11. The van der Waals surface area contributed by atoms with Crippen LogP contribution in [0.25, 0.3) is 22.8 Å². The number of amides is 1. The average Bonchev–Trinajstić information content (AvgIpc) is 3.31. The van der Waals surface area contributed by atoms with Gasteiger partial charge >= 0.3 is 0 Å². The van der Waals surface area contributed by atoms with Crippen LogP contribution in [-0.2, 0) is 17.8 Å². The normalized spacial score (nSPS) is 12.1. The fourth-order valence-electron chi connectivity index (χ4n) is 3.87. The van der Waals surface area contributed by atoms with Crippen LogP contribution in [-0.4, -0.2) is 71.1 Å². The molecule has 0 aliphatic heterocycles. The summed E-state index contributed by atoms with van der Waals surface area (Å²) in [6.45, 7) is 6.20. The highest BCUT2D eigenvalue weighted by atomic mass is 16.5. The Labute approximate surface area is 205 Å². The van der Waals surface area contributed by atoms with Gasteiger partial charge in [-0.3, -0.25) is 4.79 Å². The number of aliphatic hydroxyl groups excluding tert-OH is 2. The molecule has 9 nitrogen and oxygen atoms in total. The number of hydrogen-bond acceptors (Lipinski definition) is 8. The highest BCUT2D eigenvalue weighted by Crippen LogP contribution is 2.31. The minimum absolute atomic E-state index is 0.00115. The monoisotopic (exact) mass is 482 g/mol. The molecule has 2 aromatic carbocycles. The van der Waals surface area contributed by atoms with Gasteiger partial charge in [-0.05, 0) is 75.3 Å². The third-order valence-corrected chi connectivity index (χ3v) is 5.40. The molecule has 0 saturated heterocycles. The van der Waals surface area contributed by atoms with Crippen LogP contribution in [0.2, 0.25) is 0 Å². The van der Waals surface area contributed by atoms with Crippen LogP contribution < -0.4 is 10.1 Å². The van der Waals surface area contributed by atoms with E-state index in [-0.39, 0.29) is 13.2 Å². The summed E-state index contributed by atoms with van der Waals surface area (Å²) in [5, 5.41) is 25.5. The Morgan fingerprint density at radius 3 is 2.63 bits per heavy atom. The first kappa shape index (κ1) is 26.3. The average molecular weight is 483 g/mol. The van der Waals surface area contributed by atoms with Crippen LogP contribution in [0.1, 0.15) is 29.2 Å². The van der Waals surface area contributed by atoms with Crippen molar-refractivity contribution in [3.05, 3.63) is 52.6 Å². The van der Waals surface area contributed by atoms with E-state index in [9.17, 15) is 9.90 Å². The molecule has 1 heterocycles. The van der Waals surface area contributed by atoms with Gasteiger partial charge in [0.15, 0.2) is 0 Å². The van der Waals surface area contributed by atoms with Gasteiger partial charge in [-0.25, -0.2) is 0 Å². The largest absolute Gasteiger partial charge is 0.490 e. The number of rotatable bonds is 11. The zero-order valence-corrected chi connectivity index (χ0v) is 21.0. The second kappa shape index (κ2) is 11.9. The van der Waals surface area contributed by atoms with E-state index in [1.54, 1.807) is 0 Å². The smallest absolute Gasteiger partial charge is 0.258 e. The minimum Gasteiger partial charge on any atom is -0.490 e. The van der Waals surface area contributed by atoms with E-state index < -0.39 is 18.6 Å². The van der Waals surface area contributed by atoms with Crippen molar-refractivity contribution in [3.8, 4) is 28.6 Å². The van der Waals surface area contributed by atoms with Crippen molar-refractivity contribution in [1.29, 1.82) is 0 Å². The van der Waals surface area contributed by atoms with Crippen molar-refractivity contribution in [2.24, 2.45) is 0 Å². The number of carbonyl (C=O) groups is 1. The molecule has 1 atom stereocenters. The summed E-state index contributed by atoms with van der Waals surface area (Å²) < 4.78 is 11.5. The van der Waals surface area contributed by atoms with E-state index in [4.69, 9.17) is 14.4 Å². The number of aryl methyl sites for hydroxylation is 3. The number of carbonyl (C=O) groups excluding carboxylic acids is 1. The zero-order chi connectivity index (χ0) is 25.5. The fourth-order valence-corrected chi connectivity index (χ4v) is 3.87. The summed E-state index contributed by atoms with van der Waals surface area (Å²) in [5.41, 5.74) is 5.83. The van der Waals surface area contributed by atoms with Crippen molar-refractivity contribution >= 4 is 5.91 Å². The molecule has 0 aliphatic carbocycles. The van der Waals surface area contributed by atoms with Gasteiger partial charge in [-0.1, -0.05) is 23.7 Å². The second-order valence-electron chi connectivity index (χ2n) is 8.93. The van der Waals surface area contributed by atoms with E-state index >= 15 is 0 Å². The lowest BCUT2D eigenvalue weighted by atomic mass is 10.0. The van der Waals surface area contributed by atoms with Crippen LogP contribution >= 0.6 is 0 Å². The SMILES string of the molecule is CCc1cc(-c2noc(-c3cc(C)cc(CN(C)C)c3)n2)cc(C)c1OC[C@@H](O)CNC(=O)CO. The standard InChI is InChI=1S/C26H34N4O5/c1-6-19-11-20(9-17(3)24(19)34-15-22(32)12-27-23(33)14-31)25-28-26(35-29-25)21-8-16(2)7-18(10-21)13-30(4)5/h7-11,22,31-32H,6,12-15H2,1-5H3,(H,27,33)/t22-/m0/s1. The van der Waals surface area contributed by atoms with E-state index in [0.29, 0.717) is 23.9 Å². The molecule has 35 heavy (non-hydrogen) atoms. The van der Waals surface area contributed by atoms with Gasteiger partial charge in [0.1, 0.15) is 25.1 Å². The number of aliphatic hydroxyl groups is 2. The van der Waals surface area contributed by atoms with Gasteiger partial charge in [0, 0.05) is 24.2 Å². The Bertz CT molecular complexity index is 1160. The molecule has 0 saturated carbocycles. The number of aromatic nitrogens is 2. The number of nitrogens with zero attached hydrogens (tertiary/aromatic N) is 3. The molecule has 0 radical (unpaired) electrons. The molecule has 188 valence electrons. The van der Waals surface area contributed by atoms with Gasteiger partial charge in [0.05, 0.1) is 0 Å². The van der Waals surface area contributed by atoms with Crippen molar-refractivity contribution in [2.75, 3.05) is 33.9 Å². The third-order valence-electron chi connectivity index (χ3n) is 5.40. The molecule has 0 unspecified atom stereocenters. The number of hydrogen-bond donors (Lipinski definition) is 3. The first-order valence-electron chi connectivity index (χ1n) is 11.6. The summed E-state index contributed by atoms with van der Waals surface area (Å²) in [4.78, 5) is 17.9. The Balaban J connectivity index is 1.79. The summed E-state index contributed by atoms with van der Waals surface area (Å²) in [5.74, 6) is 1.09. The van der Waals surface area contributed by atoms with Gasteiger partial charge in [-0.15, -0.1) is 0 Å². The van der Waals surface area contributed by atoms with Crippen LogP contribution in [0.5, 0.6) is 5.75 Å². The van der Waals surface area contributed by atoms with E-state index in [2.05, 4.69) is 32.5 Å². The highest BCUT2D eigenvalue weighted by molar-refractivity contribution is 5.76. The van der Waals surface area contributed by atoms with Crippen molar-refractivity contribution < 1.29 is 24.3 Å². The molecular weight excluding hydrogens is 448 g/mol. The van der Waals surface area contributed by atoms with Crippen molar-refractivity contribution in [1.82, 2.24) is 20.4 Å². The molecule has 9 heteroatoms. The molecule has 3 N–H and O–H groups in total. The predicted octanol–water partition coefficient (Wildman–Crippen LogP) is 2.49. The molecule has 1 aromatic heterocycles. The van der Waals surface area contributed by atoms with E-state index in [1.807, 2.05) is 53.1 Å². The van der Waals surface area contributed by atoms with Crippen molar-refractivity contribution in [2.45, 2.75) is 39.8 Å². The lowest BCUT2D eigenvalue weighted by Gasteiger charge is -2.17. The highest BCUT2D eigenvalue weighted by Gasteiger charge is 2.17. The molecule has 0 bridgehead atoms. The van der Waals surface area contributed by atoms with Crippen molar-refractivity contribution in [3.63, 3.8) is 0 Å². The lowest BCUT2D eigenvalue weighted by Crippen LogP contribution is -2.36. The Hall–Kier alpha value is -3.27. The van der Waals surface area contributed by atoms with Crippen LogP contribution in [0, 0.1) is 13.8 Å². The Morgan fingerprint density at radius 1 is 1.17 bits per heavy atom. The number of benzene rings is 2. The van der Waals surface area contributed by atoms with Gasteiger partial charge in [0.2, 0.25) is 11.7 Å². The topological polar surface area (TPSA) is 121 Å². The lowest BCUT2D eigenvalue weighted by molar-refractivity contribution is -0.124. The summed E-state index contributed by atoms with van der Waals surface area (Å²) in [7, 11) is 4.06. The number of nitrogens with one attached hydrogen (secondary N) is 1. The summed E-state index contributed by atoms with van der Waals surface area (Å²) in [6.07, 6.45) is -0.196. The molecule has 3 rings (SSSR count). The first-order valence-corrected chi connectivity index (χ1v) is 11.6. The summed E-state index contributed by atoms with van der Waals surface area (Å²) in [6, 6.07) is 10.1. The van der Waals surface area contributed by atoms with Crippen LogP contribution in [0.15, 0.2) is 34.9 Å². The maximum absolute atomic E-state index is 11.2. The van der Waals surface area contributed by atoms with E-state index in [1.165, 1.54) is 5.56 Å². The zero-order valence-electron chi connectivity index (χ0n) is 21.0. The molecule has 1 amide bonds. The van der Waals surface area contributed by atoms with Gasteiger partial charge in [-0.2, -0.15) is 4.98 Å². The van der Waals surface area contributed by atoms with Crippen LogP contribution in [0.4, 0.5) is 0 Å². The Morgan fingerprint density at radius 2 is 1.94 bits per heavy atom. The molecule has 0 aliphatic rings. The predicted molar refractivity (Wildman–Crippen MR) is 133 cm³/mol. The summed E-state index contributed by atoms with van der Waals surface area (Å²) >= 11 is 0. The molecule has 3 aromatic rings. The van der Waals surface area contributed by atoms with Gasteiger partial charge in [0.25, 0.3) is 5.89 Å². The van der Waals surface area contributed by atoms with Crippen LogP contribution in [0.3, 0.4) is 0 Å². The molecule has 0 fully saturated rings. The fraction of sp³-hybridized carbons (Fsp3) is 0.423. The molecule has 0 spiro atoms. The first-order chi connectivity index (χ1) is 16.7. The Kier molecular flexibility index (Phi) is 8.97. The maximum atomic E-state index is 11.2. The quantitative estimate of drug-likeness (QED) is 0.381. The maximum Gasteiger partial charge on any atom is 0.258 e. The number of ether oxygens (including phenoxy) is 1. The minimum atomic E-state index is -0.902.